The van der Waals surface area contributed by atoms with Crippen molar-refractivity contribution >= 4 is 16.1 Å². The molecule has 0 saturated heterocycles. The zero-order valence-corrected chi connectivity index (χ0v) is 6.54. The molecule has 0 aliphatic rings. The highest BCUT2D eigenvalue weighted by Crippen LogP contribution is 1.92. The van der Waals surface area contributed by atoms with Gasteiger partial charge in [0.2, 0.25) is 0 Å². The molecule has 0 aliphatic carbocycles. The third-order valence-corrected chi connectivity index (χ3v) is 1.58. The van der Waals surface area contributed by atoms with Crippen molar-refractivity contribution in [1.29, 1.82) is 0 Å². The first-order chi connectivity index (χ1) is 4.87. The van der Waals surface area contributed by atoms with Crippen molar-refractivity contribution in [2.24, 2.45) is 0 Å². The maximum absolute atomic E-state index is 10.3. The Hall–Kier alpha value is -0.660. The molecule has 6 nitrogen and oxygen atoms in total. The Labute approximate surface area is 63.5 Å². The van der Waals surface area contributed by atoms with E-state index in [1.807, 2.05) is 0 Å². The van der Waals surface area contributed by atoms with Crippen LogP contribution in [0.3, 0.4) is 0 Å². The molecule has 66 valence electrons. The van der Waals surface area contributed by atoms with E-state index in [1.54, 1.807) is 0 Å². The SMILES string of the molecule is COC(=O)C(O)CS(=O)(=O)O. The van der Waals surface area contributed by atoms with Gasteiger partial charge in [0.1, 0.15) is 5.75 Å². The summed E-state index contributed by atoms with van der Waals surface area (Å²) in [6.07, 6.45) is -1.82. The first kappa shape index (κ1) is 10.3. The van der Waals surface area contributed by atoms with Crippen LogP contribution >= 0.6 is 0 Å². The lowest BCUT2D eigenvalue weighted by molar-refractivity contribution is -0.149. The molecule has 0 spiro atoms. The van der Waals surface area contributed by atoms with Gasteiger partial charge in [-0.05, 0) is 0 Å². The van der Waals surface area contributed by atoms with Crippen molar-refractivity contribution in [2.75, 3.05) is 12.9 Å². The Balaban J connectivity index is 4.09. The average molecular weight is 184 g/mol. The van der Waals surface area contributed by atoms with Crippen LogP contribution in [-0.2, 0) is 19.6 Å². The van der Waals surface area contributed by atoms with Crippen LogP contribution in [0, 0.1) is 0 Å². The lowest BCUT2D eigenvalue weighted by Gasteiger charge is -2.04. The van der Waals surface area contributed by atoms with Crippen LogP contribution < -0.4 is 0 Å². The second kappa shape index (κ2) is 3.65. The number of aliphatic hydroxyl groups excluding tert-OH is 1. The number of hydrogen-bond acceptors (Lipinski definition) is 5. The molecular formula is C4H8O6S. The van der Waals surface area contributed by atoms with Gasteiger partial charge >= 0.3 is 5.97 Å². The van der Waals surface area contributed by atoms with Crippen LogP contribution in [-0.4, -0.2) is 43.0 Å². The van der Waals surface area contributed by atoms with E-state index in [0.29, 0.717) is 0 Å². The molecule has 0 heterocycles. The number of aliphatic hydroxyl groups is 1. The summed E-state index contributed by atoms with van der Waals surface area (Å²) in [6, 6.07) is 0. The van der Waals surface area contributed by atoms with E-state index in [2.05, 4.69) is 4.74 Å². The second-order valence-electron chi connectivity index (χ2n) is 1.79. The summed E-state index contributed by atoms with van der Waals surface area (Å²) < 4.78 is 32.2. The predicted molar refractivity (Wildman–Crippen MR) is 34.4 cm³/mol. The molecular weight excluding hydrogens is 176 g/mol. The predicted octanol–water partition coefficient (Wildman–Crippen LogP) is -1.59. The lowest BCUT2D eigenvalue weighted by Crippen LogP contribution is -2.29. The van der Waals surface area contributed by atoms with Gasteiger partial charge in [-0.15, -0.1) is 0 Å². The van der Waals surface area contributed by atoms with Gasteiger partial charge in [-0.25, -0.2) is 4.79 Å². The molecule has 0 radical (unpaired) electrons. The van der Waals surface area contributed by atoms with E-state index in [-0.39, 0.29) is 0 Å². The number of ether oxygens (including phenoxy) is 1. The zero-order chi connectivity index (χ0) is 9.07. The molecule has 0 amide bonds. The third kappa shape index (κ3) is 4.71. The fourth-order valence-corrected chi connectivity index (χ4v) is 0.939. The summed E-state index contributed by atoms with van der Waals surface area (Å²) in [4.78, 5) is 10.3. The first-order valence-corrected chi connectivity index (χ1v) is 4.19. The monoisotopic (exact) mass is 184 g/mol. The molecule has 0 aromatic carbocycles. The van der Waals surface area contributed by atoms with E-state index in [9.17, 15) is 13.2 Å². The number of hydrogen-bond donors (Lipinski definition) is 2. The van der Waals surface area contributed by atoms with Crippen molar-refractivity contribution in [3.8, 4) is 0 Å². The minimum absolute atomic E-state index is 0.996. The molecule has 7 heteroatoms. The fraction of sp³-hybridized carbons (Fsp3) is 0.750. The molecule has 0 saturated carbocycles. The van der Waals surface area contributed by atoms with Crippen LogP contribution in [0.4, 0.5) is 0 Å². The topological polar surface area (TPSA) is 101 Å². The van der Waals surface area contributed by atoms with Crippen molar-refractivity contribution in [2.45, 2.75) is 6.10 Å². The van der Waals surface area contributed by atoms with E-state index in [1.165, 1.54) is 0 Å². The molecule has 0 rings (SSSR count). The van der Waals surface area contributed by atoms with E-state index < -0.39 is 27.9 Å². The Morgan fingerprint density at radius 1 is 1.64 bits per heavy atom. The van der Waals surface area contributed by atoms with Crippen molar-refractivity contribution in [3.63, 3.8) is 0 Å². The second-order valence-corrected chi connectivity index (χ2v) is 3.28. The Morgan fingerprint density at radius 2 is 2.09 bits per heavy atom. The van der Waals surface area contributed by atoms with Gasteiger partial charge in [0, 0.05) is 0 Å². The van der Waals surface area contributed by atoms with E-state index in [0.717, 1.165) is 7.11 Å². The summed E-state index contributed by atoms with van der Waals surface area (Å²) >= 11 is 0. The minimum atomic E-state index is -4.33. The lowest BCUT2D eigenvalue weighted by atomic mass is 10.4. The molecule has 2 N–H and O–H groups in total. The molecule has 0 aromatic rings. The largest absolute Gasteiger partial charge is 0.467 e. The third-order valence-electron chi connectivity index (χ3n) is 0.842. The minimum Gasteiger partial charge on any atom is -0.467 e. The van der Waals surface area contributed by atoms with Crippen LogP contribution in [0.2, 0.25) is 0 Å². The van der Waals surface area contributed by atoms with Gasteiger partial charge in [-0.2, -0.15) is 8.42 Å². The molecule has 0 aromatic heterocycles. The number of carbonyl (C=O) groups excluding carboxylic acids is 1. The smallest absolute Gasteiger partial charge is 0.335 e. The highest BCUT2D eigenvalue weighted by Gasteiger charge is 2.21. The maximum atomic E-state index is 10.3. The average Bonchev–Trinajstić information content (AvgIpc) is 1.82. The van der Waals surface area contributed by atoms with Gasteiger partial charge in [-0.3, -0.25) is 4.55 Å². The van der Waals surface area contributed by atoms with Gasteiger partial charge in [0.25, 0.3) is 10.1 Å². The number of methoxy groups -OCH3 is 1. The number of rotatable bonds is 3. The van der Waals surface area contributed by atoms with Crippen molar-refractivity contribution in [3.05, 3.63) is 0 Å². The summed E-state index contributed by atoms with van der Waals surface area (Å²) in [5, 5.41) is 8.64. The van der Waals surface area contributed by atoms with Gasteiger partial charge in [0.05, 0.1) is 7.11 Å². The van der Waals surface area contributed by atoms with Crippen LogP contribution in [0.1, 0.15) is 0 Å². The quantitative estimate of drug-likeness (QED) is 0.405. The van der Waals surface area contributed by atoms with Gasteiger partial charge in [-0.1, -0.05) is 0 Å². The highest BCUT2D eigenvalue weighted by atomic mass is 32.2. The van der Waals surface area contributed by atoms with Crippen molar-refractivity contribution in [1.82, 2.24) is 0 Å². The molecule has 0 bridgehead atoms. The van der Waals surface area contributed by atoms with E-state index >= 15 is 0 Å². The Bertz CT molecular complexity index is 229. The summed E-state index contributed by atoms with van der Waals surface area (Å²) in [5.74, 6) is -2.14. The molecule has 1 unspecified atom stereocenters. The summed E-state index contributed by atoms with van der Waals surface area (Å²) in [7, 11) is -3.33. The maximum Gasteiger partial charge on any atom is 0.335 e. The molecule has 11 heavy (non-hydrogen) atoms. The molecule has 1 atom stereocenters. The summed E-state index contributed by atoms with van der Waals surface area (Å²) in [5.41, 5.74) is 0. The van der Waals surface area contributed by atoms with Gasteiger partial charge in [0.15, 0.2) is 6.10 Å². The van der Waals surface area contributed by atoms with Crippen LogP contribution in [0.5, 0.6) is 0 Å². The van der Waals surface area contributed by atoms with Crippen LogP contribution in [0.15, 0.2) is 0 Å². The first-order valence-electron chi connectivity index (χ1n) is 2.58. The van der Waals surface area contributed by atoms with Crippen molar-refractivity contribution < 1.29 is 27.6 Å². The zero-order valence-electron chi connectivity index (χ0n) is 5.72. The molecule has 0 fully saturated rings. The summed E-state index contributed by atoms with van der Waals surface area (Å²) in [6.45, 7) is 0. The number of carbonyl (C=O) groups is 1. The number of esters is 1. The highest BCUT2D eigenvalue weighted by molar-refractivity contribution is 7.85. The Kier molecular flexibility index (Phi) is 3.43. The Morgan fingerprint density at radius 3 is 2.36 bits per heavy atom. The standard InChI is InChI=1S/C4H8O6S/c1-10-4(6)3(5)2-11(7,8)9/h3,5H,2H2,1H3,(H,7,8,9). The van der Waals surface area contributed by atoms with Crippen LogP contribution in [0.25, 0.3) is 0 Å². The fourth-order valence-electron chi connectivity index (χ4n) is 0.404. The van der Waals surface area contributed by atoms with Gasteiger partial charge < -0.3 is 9.84 Å². The molecule has 0 aliphatic heterocycles. The normalized spacial score (nSPS) is 14.1. The van der Waals surface area contributed by atoms with E-state index in [4.69, 9.17) is 9.66 Å².